The van der Waals surface area contributed by atoms with Crippen LogP contribution in [0.15, 0.2) is 57.9 Å². The molecule has 0 saturated carbocycles. The fraction of sp³-hybridized carbons (Fsp3) is 0.429. The van der Waals surface area contributed by atoms with Gasteiger partial charge in [-0.3, -0.25) is 0 Å². The van der Waals surface area contributed by atoms with Crippen LogP contribution in [0.5, 0.6) is 0 Å². The van der Waals surface area contributed by atoms with Crippen LogP contribution in [-0.2, 0) is 31.7 Å². The first-order valence-electron chi connectivity index (χ1n) is 11.5. The number of benzene rings is 2. The van der Waals surface area contributed by atoms with Crippen LogP contribution in [-0.4, -0.2) is 5.92 Å². The summed E-state index contributed by atoms with van der Waals surface area (Å²) in [5.74, 6) is -0.713. The van der Waals surface area contributed by atoms with Gasteiger partial charge in [0.2, 0.25) is 0 Å². The van der Waals surface area contributed by atoms with Gasteiger partial charge in [0.15, 0.2) is 0 Å². The second kappa shape index (κ2) is 10.1. The molecule has 4 rings (SSSR count). The number of hydrogen-bond donors (Lipinski definition) is 0. The molecule has 0 radical (unpaired) electrons. The van der Waals surface area contributed by atoms with Gasteiger partial charge in [0.1, 0.15) is 0 Å². The number of halogens is 2. The summed E-state index contributed by atoms with van der Waals surface area (Å²) in [7, 11) is 0. The predicted octanol–water partition coefficient (Wildman–Crippen LogP) is 1.80. The molecule has 2 aromatic carbocycles. The van der Waals surface area contributed by atoms with E-state index >= 15 is 0 Å². The molecular weight excluding hydrogens is 527 g/mol. The van der Waals surface area contributed by atoms with Crippen LogP contribution in [0, 0.1) is 0 Å². The molecule has 0 fully saturated rings. The van der Waals surface area contributed by atoms with Crippen LogP contribution in [0.4, 0.5) is 0 Å². The zero-order chi connectivity index (χ0) is 21.8. The Morgan fingerprint density at radius 2 is 1.25 bits per heavy atom. The predicted molar refractivity (Wildman–Crippen MR) is 132 cm³/mol. The molecule has 0 heterocycles. The van der Waals surface area contributed by atoms with Crippen LogP contribution in [0.25, 0.3) is 11.1 Å². The molecule has 2 aliphatic carbocycles. The van der Waals surface area contributed by atoms with E-state index in [1.807, 2.05) is 3.28 Å². The van der Waals surface area contributed by atoms with Gasteiger partial charge in [0, 0.05) is 0 Å². The second-order valence-electron chi connectivity index (χ2n) is 11.5. The average molecular weight is 564 g/mol. The normalized spacial score (nSPS) is 15.1. The molecule has 4 heteroatoms. The SMILES string of the molecule is C[SiH](C)[Zr+2]([C]1=CC=CC1)[CH]1c2ccc(C(C)(C)C)cc2-c2cc(C(C)(C)C)ccc21.[Cl-].[Cl-]. The minimum absolute atomic E-state index is 0. The van der Waals surface area contributed by atoms with Crippen molar-refractivity contribution in [2.45, 2.75) is 75.5 Å². The molecule has 0 spiro atoms. The third-order valence-electron chi connectivity index (χ3n) is 6.83. The number of allylic oxidation sites excluding steroid dienone is 4. The quantitative estimate of drug-likeness (QED) is 0.500. The average Bonchev–Trinajstić information content (AvgIpc) is 3.27. The van der Waals surface area contributed by atoms with Gasteiger partial charge in [0.05, 0.1) is 0 Å². The minimum Gasteiger partial charge on any atom is -1.00 e. The molecule has 171 valence electrons. The van der Waals surface area contributed by atoms with Crippen LogP contribution in [0.2, 0.25) is 13.1 Å². The van der Waals surface area contributed by atoms with Crippen molar-refractivity contribution in [1.29, 1.82) is 0 Å². The Kier molecular flexibility index (Phi) is 8.76. The van der Waals surface area contributed by atoms with Gasteiger partial charge < -0.3 is 24.8 Å². The van der Waals surface area contributed by atoms with Crippen molar-refractivity contribution in [2.75, 3.05) is 0 Å². The van der Waals surface area contributed by atoms with Gasteiger partial charge in [-0.05, 0) is 0 Å². The summed E-state index contributed by atoms with van der Waals surface area (Å²) in [6, 6.07) is 14.9. The van der Waals surface area contributed by atoms with Crippen LogP contribution < -0.4 is 24.8 Å². The summed E-state index contributed by atoms with van der Waals surface area (Å²) >= 11 is -1.79. The zero-order valence-corrected chi connectivity index (χ0v) is 25.9. The van der Waals surface area contributed by atoms with Gasteiger partial charge in [-0.1, -0.05) is 0 Å². The topological polar surface area (TPSA) is 0 Å². The zero-order valence-electron chi connectivity index (χ0n) is 20.8. The first-order valence-corrected chi connectivity index (χ1v) is 21.3. The Labute approximate surface area is 217 Å². The van der Waals surface area contributed by atoms with Gasteiger partial charge >= 0.3 is 194 Å². The van der Waals surface area contributed by atoms with Crippen molar-refractivity contribution in [3.8, 4) is 11.1 Å². The van der Waals surface area contributed by atoms with Gasteiger partial charge in [-0.15, -0.1) is 0 Å². The molecular formula is C28H37Cl2SiZr. The Morgan fingerprint density at radius 3 is 1.59 bits per heavy atom. The Hall–Kier alpha value is -0.400. The monoisotopic (exact) mass is 561 g/mol. The van der Waals surface area contributed by atoms with Gasteiger partial charge in [-0.25, -0.2) is 0 Å². The van der Waals surface area contributed by atoms with Crippen molar-refractivity contribution < 1.29 is 45.7 Å². The van der Waals surface area contributed by atoms with Crippen LogP contribution >= 0.6 is 0 Å². The van der Waals surface area contributed by atoms with Crippen molar-refractivity contribution in [3.63, 3.8) is 0 Å². The fourth-order valence-electron chi connectivity index (χ4n) is 5.07. The third kappa shape index (κ3) is 5.14. The largest absolute Gasteiger partial charge is 1.00 e. The maximum atomic E-state index is 2.62. The van der Waals surface area contributed by atoms with E-state index in [1.165, 1.54) is 28.7 Å². The Balaban J connectivity index is 0.00000181. The molecule has 0 N–H and O–H groups in total. The Bertz CT molecular complexity index is 975. The number of hydrogen-bond acceptors (Lipinski definition) is 0. The van der Waals surface area contributed by atoms with Crippen LogP contribution in [0.1, 0.15) is 73.8 Å². The second-order valence-corrected chi connectivity index (χ2v) is 31.2. The summed E-state index contributed by atoms with van der Waals surface area (Å²) in [6.07, 6.45) is 8.41. The van der Waals surface area contributed by atoms with Crippen molar-refractivity contribution in [3.05, 3.63) is 80.2 Å². The molecule has 2 aliphatic rings. The first kappa shape index (κ1) is 27.8. The molecule has 0 amide bonds. The number of fused-ring (bicyclic) bond motifs is 3. The van der Waals surface area contributed by atoms with E-state index in [9.17, 15) is 0 Å². The van der Waals surface area contributed by atoms with Crippen LogP contribution in [0.3, 0.4) is 0 Å². The van der Waals surface area contributed by atoms with E-state index < -0.39 is 26.8 Å². The van der Waals surface area contributed by atoms with E-state index in [1.54, 1.807) is 11.1 Å². The molecule has 0 atom stereocenters. The third-order valence-corrected chi connectivity index (χ3v) is 27.2. The molecule has 0 saturated heterocycles. The molecule has 32 heavy (non-hydrogen) atoms. The van der Waals surface area contributed by atoms with Gasteiger partial charge in [0.25, 0.3) is 0 Å². The van der Waals surface area contributed by atoms with Crippen molar-refractivity contribution in [2.24, 2.45) is 0 Å². The molecule has 0 unspecified atom stereocenters. The molecule has 0 aliphatic heterocycles. The van der Waals surface area contributed by atoms with Gasteiger partial charge in [-0.2, -0.15) is 0 Å². The van der Waals surface area contributed by atoms with E-state index in [-0.39, 0.29) is 35.6 Å². The van der Waals surface area contributed by atoms with E-state index in [0.29, 0.717) is 3.63 Å². The maximum absolute atomic E-state index is 2.62. The summed E-state index contributed by atoms with van der Waals surface area (Å²) in [4.78, 5) is 0. The molecule has 0 bridgehead atoms. The Morgan fingerprint density at radius 1 is 0.781 bits per heavy atom. The molecule has 0 aromatic heterocycles. The standard InChI is InChI=1S/C21H25.C5H5.C2H7Si.2ClH.Zr/c1-20(2,3)16-9-7-14-11-15-8-10-17(21(4,5)6)13-19(15)18(14)12-16;1-2-4-5-3-1;1-3-2;;;/h7-13H,1-6H3;1-3H,4H2;3H,1-2H3;2*1H;/q;;;;;+2/p-2. The summed E-state index contributed by atoms with van der Waals surface area (Å²) < 4.78 is 2.56. The number of rotatable bonds is 3. The fourth-order valence-corrected chi connectivity index (χ4v) is 25.6. The first-order chi connectivity index (χ1) is 14.0. The van der Waals surface area contributed by atoms with E-state index in [4.69, 9.17) is 0 Å². The van der Waals surface area contributed by atoms with E-state index in [2.05, 4.69) is 109 Å². The smallest absolute Gasteiger partial charge is 1.00 e. The molecule has 0 nitrogen and oxygen atoms in total. The van der Waals surface area contributed by atoms with Crippen molar-refractivity contribution in [1.82, 2.24) is 0 Å². The van der Waals surface area contributed by atoms with Crippen molar-refractivity contribution >= 4 is 5.92 Å². The summed E-state index contributed by atoms with van der Waals surface area (Å²) in [6.45, 7) is 19.3. The molecule has 2 aromatic rings. The summed E-state index contributed by atoms with van der Waals surface area (Å²) in [5, 5.41) is 0. The summed E-state index contributed by atoms with van der Waals surface area (Å²) in [5.41, 5.74) is 9.65. The minimum atomic E-state index is -1.79. The van der Waals surface area contributed by atoms with E-state index in [0.717, 1.165) is 0 Å². The maximum Gasteiger partial charge on any atom is -1.00 e.